The Hall–Kier alpha value is -2.19. The molecule has 1 aromatic heterocycles. The number of rotatable bonds is 4. The number of nitrogens with one attached hydrogen (secondary N) is 1. The predicted molar refractivity (Wildman–Crippen MR) is 78.5 cm³/mol. The fraction of sp³-hybridized carbons (Fsp3) is 0.214. The SMILES string of the molecule is Cc1cc(=O)c(O)c(CNS(=O)(=O)c2ccc(F)cc2)n1C. The molecule has 0 saturated heterocycles. The second kappa shape index (κ2) is 5.90. The molecule has 2 aromatic rings. The van der Waals surface area contributed by atoms with Crippen molar-refractivity contribution in [2.45, 2.75) is 18.4 Å². The average Bonchev–Trinajstić information content (AvgIpc) is 2.45. The normalized spacial score (nSPS) is 11.6. The van der Waals surface area contributed by atoms with E-state index in [-0.39, 0.29) is 17.1 Å². The number of hydrogen-bond donors (Lipinski definition) is 2. The average molecular weight is 326 g/mol. The van der Waals surface area contributed by atoms with Gasteiger partial charge in [-0.25, -0.2) is 17.5 Å². The van der Waals surface area contributed by atoms with Crippen molar-refractivity contribution >= 4 is 10.0 Å². The first-order valence-corrected chi connectivity index (χ1v) is 7.84. The van der Waals surface area contributed by atoms with E-state index in [1.165, 1.54) is 10.6 Å². The molecule has 0 radical (unpaired) electrons. The van der Waals surface area contributed by atoms with Gasteiger partial charge in [0.1, 0.15) is 5.82 Å². The van der Waals surface area contributed by atoms with E-state index in [9.17, 15) is 22.7 Å². The molecule has 2 rings (SSSR count). The van der Waals surface area contributed by atoms with Gasteiger partial charge in [0, 0.05) is 18.8 Å². The Morgan fingerprint density at radius 3 is 2.45 bits per heavy atom. The highest BCUT2D eigenvalue weighted by Crippen LogP contribution is 2.15. The number of benzene rings is 1. The highest BCUT2D eigenvalue weighted by atomic mass is 32.2. The second-order valence-electron chi connectivity index (χ2n) is 4.78. The fourth-order valence-corrected chi connectivity index (χ4v) is 2.92. The number of aromatic hydroxyl groups is 1. The largest absolute Gasteiger partial charge is 0.503 e. The molecular formula is C14H15FN2O4S. The standard InChI is InChI=1S/C14H15FN2O4S/c1-9-7-13(18)14(19)12(17(9)2)8-16-22(20,21)11-5-3-10(15)4-6-11/h3-7,16,19H,8H2,1-2H3. The van der Waals surface area contributed by atoms with Crippen molar-refractivity contribution in [1.82, 2.24) is 9.29 Å². The van der Waals surface area contributed by atoms with Crippen LogP contribution in [0.25, 0.3) is 0 Å². The van der Waals surface area contributed by atoms with E-state index in [1.54, 1.807) is 14.0 Å². The van der Waals surface area contributed by atoms with Crippen molar-refractivity contribution in [3.05, 3.63) is 57.8 Å². The number of hydrogen-bond acceptors (Lipinski definition) is 4. The molecule has 1 heterocycles. The zero-order valence-corrected chi connectivity index (χ0v) is 12.8. The zero-order valence-electron chi connectivity index (χ0n) is 12.0. The molecule has 22 heavy (non-hydrogen) atoms. The molecule has 6 nitrogen and oxygen atoms in total. The minimum Gasteiger partial charge on any atom is -0.503 e. The van der Waals surface area contributed by atoms with Gasteiger partial charge in [-0.05, 0) is 31.2 Å². The topological polar surface area (TPSA) is 88.4 Å². The van der Waals surface area contributed by atoms with Crippen molar-refractivity contribution in [3.8, 4) is 5.75 Å². The summed E-state index contributed by atoms with van der Waals surface area (Å²) in [6.07, 6.45) is 0. The molecule has 1 aromatic carbocycles. The molecule has 2 N–H and O–H groups in total. The molecule has 0 aliphatic carbocycles. The van der Waals surface area contributed by atoms with Crippen molar-refractivity contribution in [1.29, 1.82) is 0 Å². The molecule has 0 fully saturated rings. The molecule has 0 atom stereocenters. The molecule has 0 spiro atoms. The minimum atomic E-state index is -3.88. The molecule has 0 bridgehead atoms. The Morgan fingerprint density at radius 1 is 1.27 bits per heavy atom. The minimum absolute atomic E-state index is 0.106. The van der Waals surface area contributed by atoms with Crippen LogP contribution in [-0.4, -0.2) is 18.1 Å². The highest BCUT2D eigenvalue weighted by molar-refractivity contribution is 7.89. The van der Waals surface area contributed by atoms with E-state index < -0.39 is 27.0 Å². The van der Waals surface area contributed by atoms with Gasteiger partial charge < -0.3 is 9.67 Å². The van der Waals surface area contributed by atoms with Crippen molar-refractivity contribution in [3.63, 3.8) is 0 Å². The van der Waals surface area contributed by atoms with Crippen LogP contribution in [0, 0.1) is 12.7 Å². The summed E-state index contributed by atoms with van der Waals surface area (Å²) in [5, 5.41) is 9.79. The van der Waals surface area contributed by atoms with Gasteiger partial charge in [-0.15, -0.1) is 0 Å². The Morgan fingerprint density at radius 2 is 1.86 bits per heavy atom. The summed E-state index contributed by atoms with van der Waals surface area (Å²) < 4.78 is 40.8. The molecular weight excluding hydrogens is 311 g/mol. The summed E-state index contributed by atoms with van der Waals surface area (Å²) in [5.41, 5.74) is 0.154. The van der Waals surface area contributed by atoms with E-state index in [0.717, 1.165) is 24.3 Å². The fourth-order valence-electron chi connectivity index (χ4n) is 1.93. The third kappa shape index (κ3) is 3.18. The monoisotopic (exact) mass is 326 g/mol. The lowest BCUT2D eigenvalue weighted by Gasteiger charge is -2.14. The maximum atomic E-state index is 12.8. The summed E-state index contributed by atoms with van der Waals surface area (Å²) in [5.74, 6) is -1.05. The van der Waals surface area contributed by atoms with Gasteiger partial charge in [-0.2, -0.15) is 0 Å². The number of aromatic nitrogens is 1. The van der Waals surface area contributed by atoms with Gasteiger partial charge in [-0.3, -0.25) is 4.79 Å². The predicted octanol–water partition coefficient (Wildman–Crippen LogP) is 1.02. The summed E-state index contributed by atoms with van der Waals surface area (Å²) in [6, 6.07) is 5.59. The first-order valence-electron chi connectivity index (χ1n) is 6.36. The number of nitrogens with zero attached hydrogens (tertiary/aromatic N) is 1. The lowest BCUT2D eigenvalue weighted by atomic mass is 10.2. The van der Waals surface area contributed by atoms with Crippen molar-refractivity contribution < 1.29 is 17.9 Å². The second-order valence-corrected chi connectivity index (χ2v) is 6.55. The molecule has 118 valence electrons. The van der Waals surface area contributed by atoms with Gasteiger partial charge >= 0.3 is 0 Å². The van der Waals surface area contributed by atoms with E-state index in [0.29, 0.717) is 5.69 Å². The first-order chi connectivity index (χ1) is 10.2. The Kier molecular flexibility index (Phi) is 4.34. The van der Waals surface area contributed by atoms with Crippen LogP contribution in [0.5, 0.6) is 5.75 Å². The van der Waals surface area contributed by atoms with Crippen LogP contribution in [0.4, 0.5) is 4.39 Å². The molecule has 8 heteroatoms. The maximum Gasteiger partial charge on any atom is 0.240 e. The first kappa shape index (κ1) is 16.2. The van der Waals surface area contributed by atoms with Crippen molar-refractivity contribution in [2.24, 2.45) is 7.05 Å². The highest BCUT2D eigenvalue weighted by Gasteiger charge is 2.17. The van der Waals surface area contributed by atoms with Crippen molar-refractivity contribution in [2.75, 3.05) is 0 Å². The molecule has 0 aliphatic rings. The van der Waals surface area contributed by atoms with E-state index in [2.05, 4.69) is 4.72 Å². The van der Waals surface area contributed by atoms with Crippen LogP contribution < -0.4 is 10.2 Å². The molecule has 0 unspecified atom stereocenters. The van der Waals surface area contributed by atoms with Gasteiger partial charge in [0.2, 0.25) is 15.5 Å². The molecule has 0 aliphatic heterocycles. The van der Waals surface area contributed by atoms with Crippen LogP contribution in [0.1, 0.15) is 11.4 Å². The quantitative estimate of drug-likeness (QED) is 0.878. The number of pyridine rings is 1. The summed E-state index contributed by atoms with van der Waals surface area (Å²) >= 11 is 0. The van der Waals surface area contributed by atoms with Gasteiger partial charge in [-0.1, -0.05) is 0 Å². The smallest absolute Gasteiger partial charge is 0.240 e. The van der Waals surface area contributed by atoms with E-state index in [4.69, 9.17) is 0 Å². The Balaban J connectivity index is 2.30. The van der Waals surface area contributed by atoms with Crippen LogP contribution in [-0.2, 0) is 23.6 Å². The summed E-state index contributed by atoms with van der Waals surface area (Å²) in [7, 11) is -2.27. The van der Waals surface area contributed by atoms with Crippen LogP contribution in [0.3, 0.4) is 0 Å². The molecule has 0 saturated carbocycles. The van der Waals surface area contributed by atoms with Crippen LogP contribution in [0.2, 0.25) is 0 Å². The Labute approximate surface area is 126 Å². The number of halogens is 1. The number of sulfonamides is 1. The van der Waals surface area contributed by atoms with Crippen LogP contribution >= 0.6 is 0 Å². The Bertz CT molecular complexity index is 858. The van der Waals surface area contributed by atoms with Crippen LogP contribution in [0.15, 0.2) is 40.0 Å². The third-order valence-corrected chi connectivity index (χ3v) is 4.75. The lowest BCUT2D eigenvalue weighted by Crippen LogP contribution is -2.26. The van der Waals surface area contributed by atoms with Gasteiger partial charge in [0.05, 0.1) is 17.1 Å². The maximum absolute atomic E-state index is 12.8. The zero-order chi connectivity index (χ0) is 16.5. The lowest BCUT2D eigenvalue weighted by molar-refractivity contribution is 0.450. The molecule has 0 amide bonds. The van der Waals surface area contributed by atoms with Gasteiger partial charge in [0.25, 0.3) is 0 Å². The van der Waals surface area contributed by atoms with E-state index in [1.807, 2.05) is 0 Å². The summed E-state index contributed by atoms with van der Waals surface area (Å²) in [6.45, 7) is 1.40. The number of aryl methyl sites for hydroxylation is 1. The summed E-state index contributed by atoms with van der Waals surface area (Å²) in [4.78, 5) is 11.5. The van der Waals surface area contributed by atoms with Gasteiger partial charge in [0.15, 0.2) is 5.75 Å². The van der Waals surface area contributed by atoms with E-state index >= 15 is 0 Å². The third-order valence-electron chi connectivity index (χ3n) is 3.33.